The predicted octanol–water partition coefficient (Wildman–Crippen LogP) is 1.10. The summed E-state index contributed by atoms with van der Waals surface area (Å²) in [7, 11) is 0. The molecule has 2 rings (SSSR count). The second-order valence-corrected chi connectivity index (χ2v) is 6.66. The Hall–Kier alpha value is -3.00. The average molecular weight is 359 g/mol. The van der Waals surface area contributed by atoms with Crippen LogP contribution in [0.4, 0.5) is 4.79 Å². The van der Waals surface area contributed by atoms with Gasteiger partial charge in [-0.1, -0.05) is 19.8 Å². The minimum atomic E-state index is -0.574. The van der Waals surface area contributed by atoms with Crippen molar-refractivity contribution in [3.63, 3.8) is 0 Å². The molecule has 1 saturated carbocycles. The maximum Gasteiger partial charge on any atom is 0.330 e. The van der Waals surface area contributed by atoms with E-state index in [2.05, 4.69) is 5.92 Å². The van der Waals surface area contributed by atoms with Crippen LogP contribution >= 0.6 is 0 Å². The molecule has 2 fully saturated rings. The predicted molar refractivity (Wildman–Crippen MR) is 89.7 cm³/mol. The third kappa shape index (κ3) is 3.65. The zero-order valence-electron chi connectivity index (χ0n) is 15.0. The average Bonchev–Trinajstić information content (AvgIpc) is 3.02. The first-order valence-electron chi connectivity index (χ1n) is 8.22. The van der Waals surface area contributed by atoms with E-state index < -0.39 is 36.0 Å². The van der Waals surface area contributed by atoms with Crippen LogP contribution in [-0.4, -0.2) is 54.1 Å². The second-order valence-electron chi connectivity index (χ2n) is 6.66. The number of hydrogen-bond donors (Lipinski definition) is 0. The number of carbonyl (C=O) groups is 3. The summed E-state index contributed by atoms with van der Waals surface area (Å²) < 4.78 is 10.4. The zero-order valence-corrected chi connectivity index (χ0v) is 15.0. The summed E-state index contributed by atoms with van der Waals surface area (Å²) in [6.07, 6.45) is 6.77. The lowest BCUT2D eigenvalue weighted by Crippen LogP contribution is -2.36. The summed E-state index contributed by atoms with van der Waals surface area (Å²) in [5, 5.41) is 9.04. The number of hydrogen-bond acceptors (Lipinski definition) is 6. The fourth-order valence-corrected chi connectivity index (χ4v) is 3.05. The molecule has 2 atom stereocenters. The van der Waals surface area contributed by atoms with Gasteiger partial charge in [-0.3, -0.25) is 9.59 Å². The fourth-order valence-electron chi connectivity index (χ4n) is 3.05. The summed E-state index contributed by atoms with van der Waals surface area (Å²) in [5.41, 5.74) is -0.398. The molecule has 0 radical (unpaired) electrons. The third-order valence-electron chi connectivity index (χ3n) is 4.65. The molecule has 0 aromatic heterocycles. The molecule has 1 heterocycles. The van der Waals surface area contributed by atoms with Gasteiger partial charge in [0, 0.05) is 5.92 Å². The van der Waals surface area contributed by atoms with Gasteiger partial charge in [0.05, 0.1) is 19.1 Å². The molecular weight excluding hydrogens is 338 g/mol. The number of allylic oxidation sites excluding steroid dienone is 2. The first kappa shape index (κ1) is 19.3. The summed E-state index contributed by atoms with van der Waals surface area (Å²) >= 11 is 0. The Bertz CT molecular complexity index is 728. The second kappa shape index (κ2) is 7.49. The van der Waals surface area contributed by atoms with E-state index in [1.807, 2.05) is 19.9 Å². The number of urea groups is 1. The van der Waals surface area contributed by atoms with E-state index in [9.17, 15) is 14.4 Å². The monoisotopic (exact) mass is 359 g/mol. The van der Waals surface area contributed by atoms with Crippen LogP contribution in [0.25, 0.3) is 0 Å². The number of ether oxygens (including phenoxy) is 2. The van der Waals surface area contributed by atoms with Crippen molar-refractivity contribution in [2.45, 2.75) is 20.8 Å². The molecular formula is C18H21N3O5. The number of rotatable bonds is 7. The number of amides is 3. The van der Waals surface area contributed by atoms with Gasteiger partial charge in [-0.2, -0.15) is 5.26 Å². The molecule has 3 amide bonds. The van der Waals surface area contributed by atoms with E-state index in [4.69, 9.17) is 21.2 Å². The molecule has 0 bridgehead atoms. The molecule has 0 spiro atoms. The molecule has 1 aliphatic carbocycles. The summed E-state index contributed by atoms with van der Waals surface area (Å²) in [6, 6.07) is 1.37. The highest BCUT2D eigenvalue weighted by Gasteiger charge is 2.62. The minimum absolute atomic E-state index is 0.0198. The summed E-state index contributed by atoms with van der Waals surface area (Å²) in [6.45, 7) is 5.32. The van der Waals surface area contributed by atoms with Gasteiger partial charge in [-0.25, -0.2) is 9.69 Å². The van der Waals surface area contributed by atoms with Crippen molar-refractivity contribution in [1.29, 1.82) is 5.26 Å². The van der Waals surface area contributed by atoms with E-state index in [0.29, 0.717) is 6.61 Å². The van der Waals surface area contributed by atoms with Gasteiger partial charge < -0.3 is 14.4 Å². The van der Waals surface area contributed by atoms with Gasteiger partial charge >= 0.3 is 12.0 Å². The van der Waals surface area contributed by atoms with Crippen molar-refractivity contribution in [3.05, 3.63) is 11.8 Å². The summed E-state index contributed by atoms with van der Waals surface area (Å²) in [5.74, 6) is 0.789. The number of esters is 1. The topological polar surface area (TPSA) is 99.9 Å². The van der Waals surface area contributed by atoms with Gasteiger partial charge in [0.25, 0.3) is 5.91 Å². The van der Waals surface area contributed by atoms with E-state index >= 15 is 0 Å². The standard InChI is InChI=1S/C18H21N3O5/c1-5-7-20-10-14(22)21(17(20)24)11-26-16(23)15-13(18(15,3)4)8-12(9-19)25-6-2/h1,8,13,15H,6-7,10-11H2,2-4H3/t13-,15+/m1/s1. The minimum Gasteiger partial charge on any atom is -0.484 e. The lowest BCUT2D eigenvalue weighted by Gasteiger charge is -2.15. The van der Waals surface area contributed by atoms with Crippen molar-refractivity contribution < 1.29 is 23.9 Å². The fraction of sp³-hybridized carbons (Fsp3) is 0.556. The van der Waals surface area contributed by atoms with Crippen LogP contribution in [0.15, 0.2) is 11.8 Å². The van der Waals surface area contributed by atoms with Gasteiger partial charge in [0.15, 0.2) is 12.5 Å². The highest BCUT2D eigenvalue weighted by atomic mass is 16.5. The van der Waals surface area contributed by atoms with E-state index in [-0.39, 0.29) is 24.8 Å². The highest BCUT2D eigenvalue weighted by Crippen LogP contribution is 2.59. The molecule has 26 heavy (non-hydrogen) atoms. The number of terminal acetylenes is 1. The van der Waals surface area contributed by atoms with Crippen LogP contribution in [0.3, 0.4) is 0 Å². The van der Waals surface area contributed by atoms with Gasteiger partial charge in [0.2, 0.25) is 0 Å². The Morgan fingerprint density at radius 2 is 2.12 bits per heavy atom. The normalized spacial score (nSPS) is 24.1. The zero-order chi connectivity index (χ0) is 19.5. The molecule has 0 unspecified atom stereocenters. The maximum atomic E-state index is 12.4. The quantitative estimate of drug-likeness (QED) is 0.222. The van der Waals surface area contributed by atoms with Gasteiger partial charge in [-0.15, -0.1) is 6.42 Å². The molecule has 0 N–H and O–H groups in total. The molecule has 138 valence electrons. The van der Waals surface area contributed by atoms with E-state index in [1.165, 1.54) is 4.90 Å². The number of nitriles is 1. The third-order valence-corrected chi connectivity index (χ3v) is 4.65. The lowest BCUT2D eigenvalue weighted by molar-refractivity contribution is -0.151. The number of nitrogens with zero attached hydrogens (tertiary/aromatic N) is 3. The lowest BCUT2D eigenvalue weighted by atomic mass is 10.1. The van der Waals surface area contributed by atoms with Crippen molar-refractivity contribution in [2.24, 2.45) is 17.3 Å². The highest BCUT2D eigenvalue weighted by molar-refractivity contribution is 6.02. The van der Waals surface area contributed by atoms with Crippen LogP contribution in [0, 0.1) is 40.9 Å². The van der Waals surface area contributed by atoms with Crippen LogP contribution in [0.5, 0.6) is 0 Å². The maximum absolute atomic E-state index is 12.4. The SMILES string of the molecule is C#CCN1CC(=O)N(COC(=O)[C@@H]2[C@@H](C=C(C#N)OCC)C2(C)C)C1=O. The van der Waals surface area contributed by atoms with Crippen LogP contribution in [0.1, 0.15) is 20.8 Å². The van der Waals surface area contributed by atoms with Crippen molar-refractivity contribution in [1.82, 2.24) is 9.80 Å². The largest absolute Gasteiger partial charge is 0.484 e. The molecule has 0 aromatic rings. The number of carbonyl (C=O) groups excluding carboxylic acids is 3. The first-order valence-corrected chi connectivity index (χ1v) is 8.22. The van der Waals surface area contributed by atoms with Crippen molar-refractivity contribution in [3.8, 4) is 18.4 Å². The van der Waals surface area contributed by atoms with E-state index in [0.717, 1.165) is 4.90 Å². The van der Waals surface area contributed by atoms with Crippen molar-refractivity contribution in [2.75, 3.05) is 26.4 Å². The van der Waals surface area contributed by atoms with Crippen LogP contribution in [-0.2, 0) is 19.1 Å². The Morgan fingerprint density at radius 1 is 1.42 bits per heavy atom. The molecule has 0 aromatic carbocycles. The molecule has 1 saturated heterocycles. The van der Waals surface area contributed by atoms with Gasteiger partial charge in [-0.05, 0) is 18.4 Å². The first-order chi connectivity index (χ1) is 12.3. The Morgan fingerprint density at radius 3 is 2.69 bits per heavy atom. The number of imide groups is 1. The molecule has 1 aliphatic heterocycles. The van der Waals surface area contributed by atoms with Crippen LogP contribution in [0.2, 0.25) is 0 Å². The Kier molecular flexibility index (Phi) is 5.56. The van der Waals surface area contributed by atoms with Gasteiger partial charge in [0.1, 0.15) is 12.6 Å². The molecule has 2 aliphatic rings. The molecule has 8 heteroatoms. The molecule has 8 nitrogen and oxygen atoms in total. The van der Waals surface area contributed by atoms with Crippen LogP contribution < -0.4 is 0 Å². The Labute approximate surface area is 152 Å². The Balaban J connectivity index is 1.97. The smallest absolute Gasteiger partial charge is 0.330 e. The van der Waals surface area contributed by atoms with E-state index in [1.54, 1.807) is 13.0 Å². The van der Waals surface area contributed by atoms with Crippen molar-refractivity contribution >= 4 is 17.9 Å². The summed E-state index contributed by atoms with van der Waals surface area (Å²) in [4.78, 5) is 38.3.